The van der Waals surface area contributed by atoms with Crippen LogP contribution in [-0.4, -0.2) is 16.7 Å². The number of anilines is 1. The van der Waals surface area contributed by atoms with Crippen molar-refractivity contribution in [3.63, 3.8) is 0 Å². The lowest BCUT2D eigenvalue weighted by Gasteiger charge is -2.10. The van der Waals surface area contributed by atoms with E-state index in [1.165, 1.54) is 0 Å². The van der Waals surface area contributed by atoms with Crippen molar-refractivity contribution in [1.29, 1.82) is 0 Å². The molecule has 2 aromatic rings. The van der Waals surface area contributed by atoms with E-state index in [-0.39, 0.29) is 0 Å². The Morgan fingerprint density at radius 3 is 3.12 bits per heavy atom. The Morgan fingerprint density at radius 1 is 1.41 bits per heavy atom. The molecule has 2 heterocycles. The highest BCUT2D eigenvalue weighted by molar-refractivity contribution is 5.49. The zero-order valence-corrected chi connectivity index (χ0v) is 9.72. The summed E-state index contributed by atoms with van der Waals surface area (Å²) in [7, 11) is 0. The van der Waals surface area contributed by atoms with Crippen molar-refractivity contribution in [2.45, 2.75) is 19.9 Å². The van der Waals surface area contributed by atoms with Gasteiger partial charge in [-0.3, -0.25) is 0 Å². The summed E-state index contributed by atoms with van der Waals surface area (Å²) < 4.78 is 10.3. The Balaban J connectivity index is 1.99. The molecular weight excluding hydrogens is 218 g/mol. The van der Waals surface area contributed by atoms with E-state index < -0.39 is 0 Å². The van der Waals surface area contributed by atoms with Crippen LogP contribution in [0.3, 0.4) is 0 Å². The summed E-state index contributed by atoms with van der Waals surface area (Å²) in [6.07, 6.45) is 4.24. The summed E-state index contributed by atoms with van der Waals surface area (Å²) in [4.78, 5) is 4.24. The third-order valence-corrected chi connectivity index (χ3v) is 2.16. The molecule has 2 rings (SSSR count). The molecule has 0 fully saturated rings. The number of hydrogen-bond acceptors (Lipinski definition) is 5. The first-order valence-electron chi connectivity index (χ1n) is 5.61. The highest BCUT2D eigenvalue weighted by atomic mass is 16.5. The van der Waals surface area contributed by atoms with E-state index in [1.54, 1.807) is 12.5 Å². The van der Waals surface area contributed by atoms with E-state index in [1.807, 2.05) is 18.2 Å². The van der Waals surface area contributed by atoms with Crippen LogP contribution in [0, 0.1) is 0 Å². The van der Waals surface area contributed by atoms with Crippen LogP contribution < -0.4 is 10.1 Å². The molecule has 5 nitrogen and oxygen atoms in total. The minimum absolute atomic E-state index is 0.565. The molecule has 0 amide bonds. The molecule has 0 radical (unpaired) electrons. The van der Waals surface area contributed by atoms with Gasteiger partial charge < -0.3 is 14.6 Å². The lowest BCUT2D eigenvalue weighted by Crippen LogP contribution is -2.05. The summed E-state index contributed by atoms with van der Waals surface area (Å²) in [5.41, 5.74) is 0.831. The van der Waals surface area contributed by atoms with Gasteiger partial charge in [0.2, 0.25) is 0 Å². The van der Waals surface area contributed by atoms with Crippen molar-refractivity contribution >= 4 is 5.82 Å². The van der Waals surface area contributed by atoms with Crippen LogP contribution in [0.25, 0.3) is 0 Å². The van der Waals surface area contributed by atoms with Gasteiger partial charge in [0.25, 0.3) is 0 Å². The van der Waals surface area contributed by atoms with E-state index in [4.69, 9.17) is 9.26 Å². The van der Waals surface area contributed by atoms with Crippen LogP contribution in [0.4, 0.5) is 5.82 Å². The van der Waals surface area contributed by atoms with Crippen molar-refractivity contribution in [3.8, 4) is 5.75 Å². The molecule has 1 N–H and O–H groups in total. The summed E-state index contributed by atoms with van der Waals surface area (Å²) in [6.45, 7) is 3.32. The second kappa shape index (κ2) is 5.89. The normalized spacial score (nSPS) is 10.2. The number of ether oxygens (including phenoxy) is 1. The van der Waals surface area contributed by atoms with Gasteiger partial charge in [-0.15, -0.1) is 0 Å². The molecule has 17 heavy (non-hydrogen) atoms. The average Bonchev–Trinajstić information content (AvgIpc) is 2.88. The fraction of sp³-hybridized carbons (Fsp3) is 0.333. The molecule has 0 saturated heterocycles. The number of nitrogens with zero attached hydrogens (tertiary/aromatic N) is 2. The molecule has 0 atom stereocenters. The molecule has 0 spiro atoms. The molecule has 0 aromatic carbocycles. The fourth-order valence-electron chi connectivity index (χ4n) is 1.35. The third kappa shape index (κ3) is 3.21. The monoisotopic (exact) mass is 233 g/mol. The quantitative estimate of drug-likeness (QED) is 0.830. The van der Waals surface area contributed by atoms with Crippen LogP contribution in [-0.2, 0) is 6.54 Å². The smallest absolute Gasteiger partial charge is 0.169 e. The maximum atomic E-state index is 5.59. The molecule has 90 valence electrons. The topological polar surface area (TPSA) is 60.2 Å². The molecule has 0 bridgehead atoms. The Morgan fingerprint density at radius 2 is 2.35 bits per heavy atom. The van der Waals surface area contributed by atoms with Crippen LogP contribution >= 0.6 is 0 Å². The fourth-order valence-corrected chi connectivity index (χ4v) is 1.35. The second-order valence-corrected chi connectivity index (χ2v) is 3.54. The second-order valence-electron chi connectivity index (χ2n) is 3.54. The largest absolute Gasteiger partial charge is 0.490 e. The maximum Gasteiger partial charge on any atom is 0.169 e. The Kier molecular flexibility index (Phi) is 3.96. The van der Waals surface area contributed by atoms with Gasteiger partial charge >= 0.3 is 0 Å². The lowest BCUT2D eigenvalue weighted by atomic mass is 10.4. The molecule has 0 unspecified atom stereocenters. The first-order valence-corrected chi connectivity index (χ1v) is 5.61. The molecule has 2 aromatic heterocycles. The highest BCUT2D eigenvalue weighted by Gasteiger charge is 2.04. The van der Waals surface area contributed by atoms with Gasteiger partial charge in [0.15, 0.2) is 11.6 Å². The van der Waals surface area contributed by atoms with Crippen LogP contribution in [0.5, 0.6) is 5.75 Å². The van der Waals surface area contributed by atoms with E-state index in [0.29, 0.717) is 13.2 Å². The Bertz CT molecular complexity index is 443. The predicted molar refractivity (Wildman–Crippen MR) is 63.9 cm³/mol. The summed E-state index contributed by atoms with van der Waals surface area (Å²) in [5.74, 6) is 1.49. The van der Waals surface area contributed by atoms with Crippen molar-refractivity contribution in [3.05, 3.63) is 36.4 Å². The van der Waals surface area contributed by atoms with Gasteiger partial charge in [-0.2, -0.15) is 0 Å². The first-order chi connectivity index (χ1) is 8.40. The Hall–Kier alpha value is -2.04. The number of rotatable bonds is 6. The van der Waals surface area contributed by atoms with Crippen molar-refractivity contribution in [2.24, 2.45) is 0 Å². The zero-order chi connectivity index (χ0) is 11.9. The predicted octanol–water partition coefficient (Wildman–Crippen LogP) is 2.47. The molecule has 0 aliphatic rings. The van der Waals surface area contributed by atoms with Gasteiger partial charge in [0, 0.05) is 12.3 Å². The molecule has 0 saturated carbocycles. The van der Waals surface area contributed by atoms with E-state index >= 15 is 0 Å². The third-order valence-electron chi connectivity index (χ3n) is 2.16. The molecular formula is C12H15N3O2. The lowest BCUT2D eigenvalue weighted by molar-refractivity contribution is 0.317. The van der Waals surface area contributed by atoms with Crippen molar-refractivity contribution in [1.82, 2.24) is 10.1 Å². The van der Waals surface area contributed by atoms with Gasteiger partial charge in [-0.05, 0) is 18.6 Å². The van der Waals surface area contributed by atoms with E-state index in [2.05, 4.69) is 22.4 Å². The SMILES string of the molecule is CCCOc1cccnc1NCc1ccon1. The number of aromatic nitrogens is 2. The molecule has 0 aliphatic heterocycles. The average molecular weight is 233 g/mol. The molecule has 0 aliphatic carbocycles. The summed E-state index contributed by atoms with van der Waals surface area (Å²) >= 11 is 0. The van der Waals surface area contributed by atoms with E-state index in [0.717, 1.165) is 23.7 Å². The molecule has 5 heteroatoms. The number of pyridine rings is 1. The zero-order valence-electron chi connectivity index (χ0n) is 9.72. The van der Waals surface area contributed by atoms with E-state index in [9.17, 15) is 0 Å². The van der Waals surface area contributed by atoms with Crippen LogP contribution in [0.15, 0.2) is 35.2 Å². The highest BCUT2D eigenvalue weighted by Crippen LogP contribution is 2.21. The van der Waals surface area contributed by atoms with Crippen LogP contribution in [0.1, 0.15) is 19.0 Å². The minimum atomic E-state index is 0.565. The van der Waals surface area contributed by atoms with Gasteiger partial charge in [0.05, 0.1) is 13.2 Å². The van der Waals surface area contributed by atoms with Crippen molar-refractivity contribution < 1.29 is 9.26 Å². The van der Waals surface area contributed by atoms with Crippen LogP contribution in [0.2, 0.25) is 0 Å². The first kappa shape index (κ1) is 11.4. The maximum absolute atomic E-state index is 5.59. The number of hydrogen-bond donors (Lipinski definition) is 1. The standard InChI is InChI=1S/C12H15N3O2/c1-2-7-16-11-4-3-6-13-12(11)14-9-10-5-8-17-15-10/h3-6,8H,2,7,9H2,1H3,(H,13,14). The Labute approximate surface area is 99.8 Å². The summed E-state index contributed by atoms with van der Waals surface area (Å²) in [5, 5.41) is 6.98. The van der Waals surface area contributed by atoms with Gasteiger partial charge in [-0.25, -0.2) is 4.98 Å². The van der Waals surface area contributed by atoms with Crippen molar-refractivity contribution in [2.75, 3.05) is 11.9 Å². The van der Waals surface area contributed by atoms with Gasteiger partial charge in [0.1, 0.15) is 12.0 Å². The minimum Gasteiger partial charge on any atom is -0.490 e. The summed E-state index contributed by atoms with van der Waals surface area (Å²) in [6, 6.07) is 5.56. The van der Waals surface area contributed by atoms with Gasteiger partial charge in [-0.1, -0.05) is 12.1 Å². The number of nitrogens with one attached hydrogen (secondary N) is 1.